The zero-order chi connectivity index (χ0) is 22.9. The van der Waals surface area contributed by atoms with E-state index in [0.29, 0.717) is 32.1 Å². The fourth-order valence-electron chi connectivity index (χ4n) is 3.63. The third kappa shape index (κ3) is 6.65. The van der Waals surface area contributed by atoms with Crippen LogP contribution in [0.15, 0.2) is 24.3 Å². The highest BCUT2D eigenvalue weighted by Crippen LogP contribution is 2.17. The fraction of sp³-hybridized carbons (Fsp3) is 0.591. The highest BCUT2D eigenvalue weighted by molar-refractivity contribution is 5.91. The van der Waals surface area contributed by atoms with E-state index in [1.165, 1.54) is 7.11 Å². The Morgan fingerprint density at radius 1 is 1.16 bits per heavy atom. The number of benzene rings is 1. The van der Waals surface area contributed by atoms with Crippen LogP contribution in [0.3, 0.4) is 0 Å². The molecule has 1 aromatic rings. The van der Waals surface area contributed by atoms with Gasteiger partial charge in [0.1, 0.15) is 17.8 Å². The molecule has 0 aromatic heterocycles. The van der Waals surface area contributed by atoms with Crippen LogP contribution in [-0.2, 0) is 35.0 Å². The molecule has 0 aliphatic carbocycles. The third-order valence-corrected chi connectivity index (χ3v) is 5.55. The molecule has 3 N–H and O–H groups in total. The van der Waals surface area contributed by atoms with Gasteiger partial charge in [-0.1, -0.05) is 12.1 Å². The van der Waals surface area contributed by atoms with Crippen molar-refractivity contribution in [1.29, 1.82) is 0 Å². The van der Waals surface area contributed by atoms with Crippen LogP contribution >= 0.6 is 0 Å². The molecule has 176 valence electrons. The Morgan fingerprint density at radius 3 is 2.47 bits per heavy atom. The minimum absolute atomic E-state index is 0.149. The summed E-state index contributed by atoms with van der Waals surface area (Å²) in [4.78, 5) is 38.0. The molecule has 0 saturated carbocycles. The highest BCUT2D eigenvalue weighted by atomic mass is 16.5. The van der Waals surface area contributed by atoms with Crippen molar-refractivity contribution >= 4 is 17.8 Å². The average molecular weight is 450 g/mol. The third-order valence-electron chi connectivity index (χ3n) is 5.55. The Kier molecular flexibility index (Phi) is 8.83. The lowest BCUT2D eigenvalue weighted by Crippen LogP contribution is -2.59. The van der Waals surface area contributed by atoms with Crippen molar-refractivity contribution in [3.8, 4) is 5.75 Å². The Hall–Kier alpha value is -2.69. The van der Waals surface area contributed by atoms with E-state index < -0.39 is 24.0 Å². The number of rotatable bonds is 10. The first-order valence-corrected chi connectivity index (χ1v) is 10.7. The minimum Gasteiger partial charge on any atom is -0.497 e. The molecule has 2 amide bonds. The summed E-state index contributed by atoms with van der Waals surface area (Å²) < 4.78 is 20.8. The van der Waals surface area contributed by atoms with Gasteiger partial charge in [-0.3, -0.25) is 9.59 Å². The zero-order valence-electron chi connectivity index (χ0n) is 18.4. The molecule has 0 radical (unpaired) electrons. The van der Waals surface area contributed by atoms with E-state index >= 15 is 0 Å². The number of carbonyl (C=O) groups is 3. The second-order valence-corrected chi connectivity index (χ2v) is 7.88. The number of methoxy groups -OCH3 is 2. The molecular formula is C22H31N3O7. The lowest BCUT2D eigenvalue weighted by atomic mass is 9.96. The Morgan fingerprint density at radius 2 is 1.91 bits per heavy atom. The molecule has 2 aliphatic rings. The number of ether oxygens (including phenoxy) is 4. The summed E-state index contributed by atoms with van der Waals surface area (Å²) in [6, 6.07) is 5.49. The van der Waals surface area contributed by atoms with E-state index in [9.17, 15) is 14.4 Å². The smallest absolute Gasteiger partial charge is 0.328 e. The fourth-order valence-corrected chi connectivity index (χ4v) is 3.63. The van der Waals surface area contributed by atoms with Crippen molar-refractivity contribution in [2.75, 3.05) is 47.1 Å². The van der Waals surface area contributed by atoms with Crippen LogP contribution in [0.5, 0.6) is 5.75 Å². The summed E-state index contributed by atoms with van der Waals surface area (Å²) >= 11 is 0. The van der Waals surface area contributed by atoms with Gasteiger partial charge in [0.15, 0.2) is 0 Å². The number of hydrogen-bond acceptors (Lipinski definition) is 8. The molecule has 3 rings (SSSR count). The van der Waals surface area contributed by atoms with E-state index in [2.05, 4.69) is 16.0 Å². The van der Waals surface area contributed by atoms with E-state index in [4.69, 9.17) is 18.9 Å². The van der Waals surface area contributed by atoms with Gasteiger partial charge in [0.25, 0.3) is 0 Å². The predicted molar refractivity (Wildman–Crippen MR) is 114 cm³/mol. The van der Waals surface area contributed by atoms with E-state index in [-0.39, 0.29) is 30.8 Å². The quantitative estimate of drug-likeness (QED) is 0.405. The number of nitrogens with one attached hydrogen (secondary N) is 3. The number of morpholine rings is 1. The largest absolute Gasteiger partial charge is 0.497 e. The molecule has 3 atom stereocenters. The van der Waals surface area contributed by atoms with Crippen molar-refractivity contribution in [1.82, 2.24) is 16.0 Å². The average Bonchev–Trinajstić information content (AvgIpc) is 2.77. The van der Waals surface area contributed by atoms with Crippen LogP contribution in [0.2, 0.25) is 0 Å². The van der Waals surface area contributed by atoms with Crippen molar-refractivity contribution < 1.29 is 33.3 Å². The number of hydrogen-bond donors (Lipinski definition) is 3. The summed E-state index contributed by atoms with van der Waals surface area (Å²) in [5.74, 6) is -0.763. The molecule has 2 aliphatic heterocycles. The van der Waals surface area contributed by atoms with Gasteiger partial charge in [0.2, 0.25) is 11.8 Å². The second-order valence-electron chi connectivity index (χ2n) is 7.88. The molecule has 1 aromatic carbocycles. The summed E-state index contributed by atoms with van der Waals surface area (Å²) in [5.41, 5.74) is 0.830. The predicted octanol–water partition coefficient (Wildman–Crippen LogP) is -0.595. The minimum atomic E-state index is -0.896. The lowest BCUT2D eigenvalue weighted by Gasteiger charge is -2.34. The molecule has 0 spiro atoms. The van der Waals surface area contributed by atoms with Crippen LogP contribution < -0.4 is 20.7 Å². The van der Waals surface area contributed by atoms with Gasteiger partial charge >= 0.3 is 5.97 Å². The first-order chi connectivity index (χ1) is 15.5. The monoisotopic (exact) mass is 449 g/mol. The van der Waals surface area contributed by atoms with E-state index in [1.54, 1.807) is 19.2 Å². The lowest BCUT2D eigenvalue weighted by molar-refractivity contribution is -0.147. The molecule has 32 heavy (non-hydrogen) atoms. The number of amides is 2. The van der Waals surface area contributed by atoms with Gasteiger partial charge in [-0.2, -0.15) is 0 Å². The Labute approximate surface area is 187 Å². The molecule has 2 heterocycles. The summed E-state index contributed by atoms with van der Waals surface area (Å²) in [6.45, 7) is 2.61. The van der Waals surface area contributed by atoms with Crippen LogP contribution in [0, 0.1) is 5.92 Å². The van der Waals surface area contributed by atoms with Gasteiger partial charge in [0, 0.05) is 25.4 Å². The highest BCUT2D eigenvalue weighted by Gasteiger charge is 2.37. The second kappa shape index (κ2) is 11.8. The molecule has 2 saturated heterocycles. The summed E-state index contributed by atoms with van der Waals surface area (Å²) in [6.07, 6.45) is 0.158. The van der Waals surface area contributed by atoms with Crippen molar-refractivity contribution in [3.05, 3.63) is 29.8 Å². The van der Waals surface area contributed by atoms with Gasteiger partial charge in [-0.05, 0) is 17.7 Å². The van der Waals surface area contributed by atoms with Crippen molar-refractivity contribution in [2.24, 2.45) is 5.92 Å². The van der Waals surface area contributed by atoms with Crippen LogP contribution in [0.1, 0.15) is 12.0 Å². The molecule has 1 unspecified atom stereocenters. The summed E-state index contributed by atoms with van der Waals surface area (Å²) in [7, 11) is 2.84. The Bertz CT molecular complexity index is 776. The maximum Gasteiger partial charge on any atom is 0.328 e. The molecule has 0 bridgehead atoms. The van der Waals surface area contributed by atoms with Crippen LogP contribution in [0.25, 0.3) is 0 Å². The SMILES string of the molecule is COC(=O)[C@H](Cc1ccc(OC)cc1)NC(=O)[C@@H](NC(=O)CC1CNCCO1)C1COC1. The normalized spacial score (nSPS) is 20.4. The standard InChI is InChI=1S/C22H31N3O7/c1-29-16-5-3-14(4-6-16)9-18(22(28)30-2)24-21(27)20(15-12-31-13-15)25-19(26)10-17-11-23-7-8-32-17/h3-6,15,17-18,20,23H,7-13H2,1-2H3,(H,24,27)(H,25,26)/t17?,18-,20-/m0/s1. The molecule has 2 fully saturated rings. The maximum atomic E-state index is 13.1. The van der Waals surface area contributed by atoms with Crippen molar-refractivity contribution in [2.45, 2.75) is 31.0 Å². The molecule has 10 heteroatoms. The number of esters is 1. The van der Waals surface area contributed by atoms with Gasteiger partial charge < -0.3 is 34.9 Å². The zero-order valence-corrected chi connectivity index (χ0v) is 18.4. The first kappa shape index (κ1) is 24.0. The van der Waals surface area contributed by atoms with E-state index in [1.807, 2.05) is 12.1 Å². The van der Waals surface area contributed by atoms with Crippen LogP contribution in [-0.4, -0.2) is 83.1 Å². The van der Waals surface area contributed by atoms with E-state index in [0.717, 1.165) is 12.1 Å². The van der Waals surface area contributed by atoms with Gasteiger partial charge in [-0.25, -0.2) is 4.79 Å². The molecule has 10 nitrogen and oxygen atoms in total. The number of carbonyl (C=O) groups excluding carboxylic acids is 3. The Balaban J connectivity index is 1.63. The summed E-state index contributed by atoms with van der Waals surface area (Å²) in [5, 5.41) is 8.72. The van der Waals surface area contributed by atoms with Gasteiger partial charge in [0.05, 0.1) is 46.6 Å². The van der Waals surface area contributed by atoms with Crippen molar-refractivity contribution in [3.63, 3.8) is 0 Å². The maximum absolute atomic E-state index is 13.1. The van der Waals surface area contributed by atoms with Gasteiger partial charge in [-0.15, -0.1) is 0 Å². The first-order valence-electron chi connectivity index (χ1n) is 10.7. The topological polar surface area (TPSA) is 124 Å². The molecular weight excluding hydrogens is 418 g/mol. The van der Waals surface area contributed by atoms with Crippen LogP contribution in [0.4, 0.5) is 0 Å².